The Balaban J connectivity index is 1.41. The van der Waals surface area contributed by atoms with Gasteiger partial charge in [0, 0.05) is 6.54 Å². The first-order valence-electron chi connectivity index (χ1n) is 8.65. The molecule has 0 spiro atoms. The number of amides is 1. The third-order valence-corrected chi connectivity index (χ3v) is 5.05. The third kappa shape index (κ3) is 3.35. The Kier molecular flexibility index (Phi) is 4.47. The van der Waals surface area contributed by atoms with Crippen molar-refractivity contribution < 1.29 is 4.79 Å². The molecule has 4 rings (SSSR count). The second kappa shape index (κ2) is 6.92. The van der Waals surface area contributed by atoms with Crippen LogP contribution in [0.4, 0.5) is 0 Å². The Labute approximate surface area is 157 Å². The Morgan fingerprint density at radius 1 is 1.19 bits per heavy atom. The molecule has 1 amide bonds. The lowest BCUT2D eigenvalue weighted by Crippen LogP contribution is -2.27. The molecule has 1 aliphatic rings. The van der Waals surface area contributed by atoms with Crippen molar-refractivity contribution in [1.29, 1.82) is 0 Å². The lowest BCUT2D eigenvalue weighted by molar-refractivity contribution is 0.0941. The third-order valence-electron chi connectivity index (χ3n) is 4.73. The van der Waals surface area contributed by atoms with E-state index in [0.29, 0.717) is 34.9 Å². The molecule has 2 unspecified atom stereocenters. The van der Waals surface area contributed by atoms with Crippen LogP contribution in [-0.2, 0) is 0 Å². The van der Waals surface area contributed by atoms with Crippen molar-refractivity contribution in [2.45, 2.75) is 19.3 Å². The molecule has 132 valence electrons. The summed E-state index contributed by atoms with van der Waals surface area (Å²) in [4.78, 5) is 16.7. The summed E-state index contributed by atoms with van der Waals surface area (Å²) in [7, 11) is 0. The summed E-state index contributed by atoms with van der Waals surface area (Å²) < 4.78 is 1.60. The van der Waals surface area contributed by atoms with Crippen LogP contribution in [0, 0.1) is 12.8 Å². The van der Waals surface area contributed by atoms with Gasteiger partial charge in [-0.25, -0.2) is 9.67 Å². The molecule has 0 saturated heterocycles. The molecule has 1 saturated carbocycles. The standard InChI is InChI=1S/C20H19ClN4O/c1-13-23-19(24-25(13)18-10-6-5-9-17(18)21)20(26)22-12-15-11-16(15)14-7-3-2-4-8-14/h2-10,15-16H,11-12H2,1H3,(H,22,26). The fourth-order valence-electron chi connectivity index (χ4n) is 3.22. The molecule has 0 aliphatic heterocycles. The summed E-state index contributed by atoms with van der Waals surface area (Å²) in [5.74, 6) is 1.55. The van der Waals surface area contributed by atoms with Crippen molar-refractivity contribution >= 4 is 17.5 Å². The molecule has 1 heterocycles. The smallest absolute Gasteiger partial charge is 0.290 e. The zero-order valence-corrected chi connectivity index (χ0v) is 15.1. The van der Waals surface area contributed by atoms with Gasteiger partial charge in [-0.15, -0.1) is 5.10 Å². The monoisotopic (exact) mass is 366 g/mol. The van der Waals surface area contributed by atoms with E-state index in [1.807, 2.05) is 24.3 Å². The summed E-state index contributed by atoms with van der Waals surface area (Å²) in [5.41, 5.74) is 2.05. The summed E-state index contributed by atoms with van der Waals surface area (Å²) >= 11 is 6.22. The Bertz CT molecular complexity index is 938. The van der Waals surface area contributed by atoms with Crippen LogP contribution in [0.3, 0.4) is 0 Å². The van der Waals surface area contributed by atoms with Crippen molar-refractivity contribution in [3.63, 3.8) is 0 Å². The SMILES string of the molecule is Cc1nc(C(=O)NCC2CC2c2ccccc2)nn1-c1ccccc1Cl. The molecule has 2 atom stereocenters. The topological polar surface area (TPSA) is 59.8 Å². The number of rotatable bonds is 5. The van der Waals surface area contributed by atoms with Gasteiger partial charge in [0.15, 0.2) is 0 Å². The Morgan fingerprint density at radius 3 is 2.69 bits per heavy atom. The van der Waals surface area contributed by atoms with Gasteiger partial charge in [-0.3, -0.25) is 4.79 Å². The summed E-state index contributed by atoms with van der Waals surface area (Å²) in [6.07, 6.45) is 1.10. The van der Waals surface area contributed by atoms with Crippen LogP contribution in [0.15, 0.2) is 54.6 Å². The molecule has 6 heteroatoms. The van der Waals surface area contributed by atoms with E-state index in [0.717, 1.165) is 6.42 Å². The van der Waals surface area contributed by atoms with Crippen LogP contribution in [0.2, 0.25) is 5.02 Å². The maximum absolute atomic E-state index is 12.4. The van der Waals surface area contributed by atoms with Crippen molar-refractivity contribution in [3.8, 4) is 5.69 Å². The Morgan fingerprint density at radius 2 is 1.92 bits per heavy atom. The minimum Gasteiger partial charge on any atom is -0.349 e. The number of halogens is 1. The average molecular weight is 367 g/mol. The normalized spacial score (nSPS) is 18.5. The van der Waals surface area contributed by atoms with Gasteiger partial charge in [-0.1, -0.05) is 54.1 Å². The quantitative estimate of drug-likeness (QED) is 0.747. The van der Waals surface area contributed by atoms with E-state index in [-0.39, 0.29) is 11.7 Å². The van der Waals surface area contributed by atoms with Crippen LogP contribution in [0.1, 0.15) is 34.3 Å². The van der Waals surface area contributed by atoms with E-state index in [9.17, 15) is 4.79 Å². The second-order valence-electron chi connectivity index (χ2n) is 6.57. The minimum absolute atomic E-state index is 0.166. The van der Waals surface area contributed by atoms with Crippen LogP contribution in [0.25, 0.3) is 5.69 Å². The first-order valence-corrected chi connectivity index (χ1v) is 9.03. The predicted molar refractivity (Wildman–Crippen MR) is 101 cm³/mol. The maximum Gasteiger partial charge on any atom is 0.290 e. The number of nitrogens with one attached hydrogen (secondary N) is 1. The molecule has 0 radical (unpaired) electrons. The highest BCUT2D eigenvalue weighted by molar-refractivity contribution is 6.32. The van der Waals surface area contributed by atoms with Gasteiger partial charge >= 0.3 is 0 Å². The lowest BCUT2D eigenvalue weighted by Gasteiger charge is -2.04. The number of carbonyl (C=O) groups is 1. The molecule has 1 aliphatic carbocycles. The molecule has 26 heavy (non-hydrogen) atoms. The number of hydrogen-bond acceptors (Lipinski definition) is 3. The largest absolute Gasteiger partial charge is 0.349 e. The van der Waals surface area contributed by atoms with Crippen LogP contribution in [-0.4, -0.2) is 27.2 Å². The lowest BCUT2D eigenvalue weighted by atomic mass is 10.1. The highest BCUT2D eigenvalue weighted by Crippen LogP contribution is 2.46. The first kappa shape index (κ1) is 16.8. The van der Waals surface area contributed by atoms with E-state index in [1.165, 1.54) is 5.56 Å². The summed E-state index contributed by atoms with van der Waals surface area (Å²) in [5, 5.41) is 7.85. The number of nitrogens with zero attached hydrogens (tertiary/aromatic N) is 3. The molecular weight excluding hydrogens is 348 g/mol. The second-order valence-corrected chi connectivity index (χ2v) is 6.98. The molecule has 3 aromatic rings. The van der Waals surface area contributed by atoms with Gasteiger partial charge in [0.25, 0.3) is 5.91 Å². The van der Waals surface area contributed by atoms with E-state index in [2.05, 4.69) is 39.7 Å². The van der Waals surface area contributed by atoms with E-state index >= 15 is 0 Å². The number of aryl methyl sites for hydroxylation is 1. The van der Waals surface area contributed by atoms with Gasteiger partial charge in [0.2, 0.25) is 5.82 Å². The minimum atomic E-state index is -0.252. The van der Waals surface area contributed by atoms with Gasteiger partial charge < -0.3 is 5.32 Å². The van der Waals surface area contributed by atoms with Crippen molar-refractivity contribution in [1.82, 2.24) is 20.1 Å². The number of benzene rings is 2. The van der Waals surface area contributed by atoms with Gasteiger partial charge in [0.05, 0.1) is 10.7 Å². The molecular formula is C20H19ClN4O. The first-order chi connectivity index (χ1) is 12.6. The van der Waals surface area contributed by atoms with Gasteiger partial charge in [0.1, 0.15) is 5.82 Å². The predicted octanol–water partition coefficient (Wildman–Crippen LogP) is 3.76. The summed E-state index contributed by atoms with van der Waals surface area (Å²) in [6.45, 7) is 2.44. The molecule has 2 aromatic carbocycles. The maximum atomic E-state index is 12.4. The van der Waals surface area contributed by atoms with Crippen molar-refractivity contribution in [2.24, 2.45) is 5.92 Å². The zero-order valence-electron chi connectivity index (χ0n) is 14.4. The van der Waals surface area contributed by atoms with E-state index < -0.39 is 0 Å². The van der Waals surface area contributed by atoms with E-state index in [1.54, 1.807) is 17.7 Å². The van der Waals surface area contributed by atoms with Crippen molar-refractivity contribution in [3.05, 3.63) is 76.8 Å². The van der Waals surface area contributed by atoms with Gasteiger partial charge in [-0.2, -0.15) is 0 Å². The summed E-state index contributed by atoms with van der Waals surface area (Å²) in [6, 6.07) is 17.8. The highest BCUT2D eigenvalue weighted by atomic mass is 35.5. The number of carbonyl (C=O) groups excluding carboxylic acids is 1. The molecule has 5 nitrogen and oxygen atoms in total. The highest BCUT2D eigenvalue weighted by Gasteiger charge is 2.38. The van der Waals surface area contributed by atoms with Crippen LogP contribution >= 0.6 is 11.6 Å². The van der Waals surface area contributed by atoms with Gasteiger partial charge in [-0.05, 0) is 42.9 Å². The fourth-order valence-corrected chi connectivity index (χ4v) is 3.44. The number of para-hydroxylation sites is 1. The molecule has 0 bridgehead atoms. The molecule has 1 aromatic heterocycles. The number of hydrogen-bond donors (Lipinski definition) is 1. The van der Waals surface area contributed by atoms with Crippen molar-refractivity contribution in [2.75, 3.05) is 6.54 Å². The van der Waals surface area contributed by atoms with E-state index in [4.69, 9.17) is 11.6 Å². The van der Waals surface area contributed by atoms with Crippen LogP contribution < -0.4 is 5.32 Å². The zero-order chi connectivity index (χ0) is 18.1. The fraction of sp³-hybridized carbons (Fsp3) is 0.250. The Hall–Kier alpha value is -2.66. The number of aromatic nitrogens is 3. The molecule has 1 N–H and O–H groups in total. The molecule has 1 fully saturated rings. The van der Waals surface area contributed by atoms with Crippen LogP contribution in [0.5, 0.6) is 0 Å². The average Bonchev–Trinajstić information content (AvgIpc) is 3.34.